The quantitative estimate of drug-likeness (QED) is 0.802. The van der Waals surface area contributed by atoms with Crippen LogP contribution in [-0.4, -0.2) is 38.6 Å². The van der Waals surface area contributed by atoms with Crippen LogP contribution in [0.3, 0.4) is 0 Å². The van der Waals surface area contributed by atoms with Gasteiger partial charge in [-0.3, -0.25) is 0 Å². The van der Waals surface area contributed by atoms with Gasteiger partial charge >= 0.3 is 6.18 Å². The van der Waals surface area contributed by atoms with Crippen molar-refractivity contribution in [3.8, 4) is 0 Å². The van der Waals surface area contributed by atoms with Crippen molar-refractivity contribution in [3.05, 3.63) is 29.8 Å². The van der Waals surface area contributed by atoms with E-state index in [1.165, 1.54) is 12.1 Å². The monoisotopic (exact) mass is 260 g/mol. The molecule has 2 nitrogen and oxygen atoms in total. The van der Waals surface area contributed by atoms with Gasteiger partial charge in [0.2, 0.25) is 0 Å². The van der Waals surface area contributed by atoms with Crippen molar-refractivity contribution in [2.45, 2.75) is 13.1 Å². The van der Waals surface area contributed by atoms with E-state index in [2.05, 4.69) is 4.90 Å². The minimum Gasteiger partial charge on any atom is -0.371 e. The number of alkyl halides is 3. The molecule has 1 rings (SSSR count). The van der Waals surface area contributed by atoms with Crippen LogP contribution in [0.1, 0.15) is 12.5 Å². The summed E-state index contributed by atoms with van der Waals surface area (Å²) in [6, 6.07) is 5.32. The van der Waals surface area contributed by atoms with Gasteiger partial charge in [0, 0.05) is 25.3 Å². The average molecular weight is 260 g/mol. The zero-order valence-corrected chi connectivity index (χ0v) is 11.0. The number of likely N-dealkylation sites (N-methyl/N-ethyl adjacent to an activating group) is 2. The summed E-state index contributed by atoms with van der Waals surface area (Å²) in [5.74, 6) is 0. The van der Waals surface area contributed by atoms with Crippen LogP contribution in [-0.2, 0) is 6.18 Å². The summed E-state index contributed by atoms with van der Waals surface area (Å²) in [6.07, 6.45) is -4.26. The van der Waals surface area contributed by atoms with E-state index >= 15 is 0 Å². The van der Waals surface area contributed by atoms with Crippen molar-refractivity contribution in [2.24, 2.45) is 0 Å². The first-order valence-corrected chi connectivity index (χ1v) is 5.91. The average Bonchev–Trinajstić information content (AvgIpc) is 2.29. The molecule has 0 atom stereocenters. The van der Waals surface area contributed by atoms with Gasteiger partial charge in [-0.15, -0.1) is 0 Å². The van der Waals surface area contributed by atoms with Crippen LogP contribution in [0.15, 0.2) is 24.3 Å². The Labute approximate surface area is 106 Å². The summed E-state index contributed by atoms with van der Waals surface area (Å²) < 4.78 is 37.3. The van der Waals surface area contributed by atoms with E-state index in [-0.39, 0.29) is 0 Å². The van der Waals surface area contributed by atoms with Gasteiger partial charge in [0.05, 0.1) is 5.56 Å². The van der Waals surface area contributed by atoms with Crippen LogP contribution in [0.25, 0.3) is 0 Å². The third kappa shape index (κ3) is 4.22. The van der Waals surface area contributed by atoms with Gasteiger partial charge in [-0.2, -0.15) is 13.2 Å². The van der Waals surface area contributed by atoms with E-state index in [1.807, 2.05) is 25.9 Å². The van der Waals surface area contributed by atoms with Crippen LogP contribution >= 0.6 is 0 Å². The second kappa shape index (κ2) is 6.09. The molecular formula is C13H19F3N2. The predicted octanol–water partition coefficient (Wildman–Crippen LogP) is 3.09. The van der Waals surface area contributed by atoms with Crippen molar-refractivity contribution in [1.29, 1.82) is 0 Å². The van der Waals surface area contributed by atoms with Crippen LogP contribution in [0, 0.1) is 0 Å². The lowest BCUT2D eigenvalue weighted by Gasteiger charge is -2.25. The van der Waals surface area contributed by atoms with Gasteiger partial charge in [0.1, 0.15) is 0 Å². The highest BCUT2D eigenvalue weighted by Crippen LogP contribution is 2.30. The molecule has 0 bridgehead atoms. The van der Waals surface area contributed by atoms with Crippen LogP contribution in [0.5, 0.6) is 0 Å². The number of nitrogens with zero attached hydrogens (tertiary/aromatic N) is 2. The van der Waals surface area contributed by atoms with Crippen LogP contribution in [0.2, 0.25) is 0 Å². The highest BCUT2D eigenvalue weighted by molar-refractivity contribution is 5.47. The second-order valence-corrected chi connectivity index (χ2v) is 4.43. The molecule has 0 spiro atoms. The molecule has 0 saturated carbocycles. The molecule has 1 aromatic carbocycles. The van der Waals surface area contributed by atoms with Crippen molar-refractivity contribution in [2.75, 3.05) is 38.6 Å². The Morgan fingerprint density at radius 2 is 1.56 bits per heavy atom. The number of rotatable bonds is 5. The number of anilines is 1. The fraction of sp³-hybridized carbons (Fsp3) is 0.538. The van der Waals surface area contributed by atoms with E-state index in [9.17, 15) is 13.2 Å². The molecule has 0 radical (unpaired) electrons. The summed E-state index contributed by atoms with van der Waals surface area (Å²) >= 11 is 0. The maximum absolute atomic E-state index is 12.4. The predicted molar refractivity (Wildman–Crippen MR) is 67.9 cm³/mol. The third-order valence-corrected chi connectivity index (χ3v) is 2.76. The normalized spacial score (nSPS) is 11.9. The summed E-state index contributed by atoms with van der Waals surface area (Å²) in [6.45, 7) is 4.44. The third-order valence-electron chi connectivity index (χ3n) is 2.76. The maximum atomic E-state index is 12.4. The molecule has 0 fully saturated rings. The largest absolute Gasteiger partial charge is 0.416 e. The van der Waals surface area contributed by atoms with Crippen molar-refractivity contribution >= 4 is 5.69 Å². The fourth-order valence-electron chi connectivity index (χ4n) is 1.65. The Balaban J connectivity index is 2.76. The van der Waals surface area contributed by atoms with Crippen LogP contribution < -0.4 is 4.90 Å². The topological polar surface area (TPSA) is 6.48 Å². The molecule has 0 heterocycles. The van der Waals surface area contributed by atoms with Crippen molar-refractivity contribution < 1.29 is 13.2 Å². The molecule has 5 heteroatoms. The summed E-state index contributed by atoms with van der Waals surface area (Å²) in [7, 11) is 3.95. The standard InChI is InChI=1S/C13H19F3N2/c1-4-18(10-9-17(2)3)12-7-5-11(6-8-12)13(14,15)16/h5-8H,4,9-10H2,1-3H3. The van der Waals surface area contributed by atoms with E-state index in [0.717, 1.165) is 37.5 Å². The van der Waals surface area contributed by atoms with Gasteiger partial charge in [-0.25, -0.2) is 0 Å². The summed E-state index contributed by atoms with van der Waals surface area (Å²) in [5.41, 5.74) is 0.224. The number of benzene rings is 1. The zero-order chi connectivity index (χ0) is 13.8. The lowest BCUT2D eigenvalue weighted by molar-refractivity contribution is -0.137. The van der Waals surface area contributed by atoms with E-state index in [4.69, 9.17) is 0 Å². The molecular weight excluding hydrogens is 241 g/mol. The molecule has 0 aliphatic heterocycles. The second-order valence-electron chi connectivity index (χ2n) is 4.43. The molecule has 0 saturated heterocycles. The zero-order valence-electron chi connectivity index (χ0n) is 11.0. The Kier molecular flexibility index (Phi) is 5.02. The van der Waals surface area contributed by atoms with Crippen molar-refractivity contribution in [1.82, 2.24) is 4.90 Å². The Bertz CT molecular complexity index is 357. The minimum atomic E-state index is -4.26. The van der Waals surface area contributed by atoms with E-state index in [0.29, 0.717) is 0 Å². The van der Waals surface area contributed by atoms with Gasteiger partial charge < -0.3 is 9.80 Å². The molecule has 102 valence electrons. The fourth-order valence-corrected chi connectivity index (χ4v) is 1.65. The summed E-state index contributed by atoms with van der Waals surface area (Å²) in [5, 5.41) is 0. The Morgan fingerprint density at radius 1 is 1.00 bits per heavy atom. The number of halogens is 3. The first-order valence-electron chi connectivity index (χ1n) is 5.91. The first kappa shape index (κ1) is 14.8. The number of hydrogen-bond acceptors (Lipinski definition) is 2. The van der Waals surface area contributed by atoms with Gasteiger partial charge in [0.25, 0.3) is 0 Å². The molecule has 18 heavy (non-hydrogen) atoms. The molecule has 0 aromatic heterocycles. The molecule has 1 aromatic rings. The molecule has 0 N–H and O–H groups in total. The van der Waals surface area contributed by atoms with Crippen LogP contribution in [0.4, 0.5) is 18.9 Å². The van der Waals surface area contributed by atoms with Gasteiger partial charge in [-0.1, -0.05) is 0 Å². The lowest BCUT2D eigenvalue weighted by Crippen LogP contribution is -2.31. The molecule has 0 amide bonds. The lowest BCUT2D eigenvalue weighted by atomic mass is 10.2. The first-order chi connectivity index (χ1) is 8.34. The molecule has 0 aliphatic carbocycles. The Hall–Kier alpha value is -1.23. The smallest absolute Gasteiger partial charge is 0.371 e. The highest BCUT2D eigenvalue weighted by Gasteiger charge is 2.30. The minimum absolute atomic E-state index is 0.602. The van der Waals surface area contributed by atoms with Gasteiger partial charge in [0.15, 0.2) is 0 Å². The van der Waals surface area contributed by atoms with Crippen molar-refractivity contribution in [3.63, 3.8) is 0 Å². The molecule has 0 aliphatic rings. The van der Waals surface area contributed by atoms with E-state index < -0.39 is 11.7 Å². The van der Waals surface area contributed by atoms with E-state index in [1.54, 1.807) is 0 Å². The highest BCUT2D eigenvalue weighted by atomic mass is 19.4. The summed E-state index contributed by atoms with van der Waals surface area (Å²) in [4.78, 5) is 4.10. The number of hydrogen-bond donors (Lipinski definition) is 0. The SMILES string of the molecule is CCN(CCN(C)C)c1ccc(C(F)(F)F)cc1. The Morgan fingerprint density at radius 3 is 1.94 bits per heavy atom. The molecule has 0 unspecified atom stereocenters. The maximum Gasteiger partial charge on any atom is 0.416 e. The van der Waals surface area contributed by atoms with Gasteiger partial charge in [-0.05, 0) is 45.3 Å².